The quantitative estimate of drug-likeness (QED) is 0.283. The summed E-state index contributed by atoms with van der Waals surface area (Å²) in [6.45, 7) is 3.34. The predicted molar refractivity (Wildman–Crippen MR) is 95.7 cm³/mol. The number of rotatable bonds is 3. The lowest BCUT2D eigenvalue weighted by atomic mass is 9.98. The van der Waals surface area contributed by atoms with E-state index in [2.05, 4.69) is 10.3 Å². The number of carbonyl (C=O) groups excluding carboxylic acids is 2. The molecule has 3 fully saturated rings. The highest BCUT2D eigenvalue weighted by molar-refractivity contribution is 14.0. The van der Waals surface area contributed by atoms with E-state index in [0.717, 1.165) is 38.8 Å². The zero-order chi connectivity index (χ0) is 15.6. The van der Waals surface area contributed by atoms with Crippen molar-refractivity contribution in [3.63, 3.8) is 0 Å². The summed E-state index contributed by atoms with van der Waals surface area (Å²) < 4.78 is 5.26. The Hall–Kier alpha value is -1.10. The molecule has 1 saturated carbocycles. The second kappa shape index (κ2) is 7.65. The Balaban J connectivity index is 0.00000192. The highest BCUT2D eigenvalue weighted by Crippen LogP contribution is 2.34. The van der Waals surface area contributed by atoms with Gasteiger partial charge in [-0.1, -0.05) is 12.8 Å². The van der Waals surface area contributed by atoms with Gasteiger partial charge in [0, 0.05) is 13.1 Å². The van der Waals surface area contributed by atoms with Crippen LogP contribution in [0.15, 0.2) is 4.99 Å². The summed E-state index contributed by atoms with van der Waals surface area (Å²) >= 11 is 0. The van der Waals surface area contributed by atoms with Gasteiger partial charge in [0.05, 0.1) is 26.3 Å². The Morgan fingerprint density at radius 1 is 1.26 bits per heavy atom. The Bertz CT molecular complexity index is 487. The molecule has 1 spiro atoms. The average Bonchev–Trinajstić information content (AvgIpc) is 3.09. The van der Waals surface area contributed by atoms with E-state index in [-0.39, 0.29) is 42.5 Å². The van der Waals surface area contributed by atoms with Crippen LogP contribution in [-0.2, 0) is 9.53 Å². The van der Waals surface area contributed by atoms with Gasteiger partial charge in [-0.3, -0.25) is 14.7 Å². The van der Waals surface area contributed by atoms with Crippen molar-refractivity contribution < 1.29 is 14.3 Å². The first-order valence-electron chi connectivity index (χ1n) is 7.89. The molecule has 1 aliphatic carbocycles. The topological polar surface area (TPSA) is 100 Å². The zero-order valence-electron chi connectivity index (χ0n) is 13.1. The summed E-state index contributed by atoms with van der Waals surface area (Å²) in [5, 5.41) is 2.86. The molecule has 0 aromatic heterocycles. The Morgan fingerprint density at radius 2 is 1.91 bits per heavy atom. The van der Waals surface area contributed by atoms with Crippen molar-refractivity contribution in [2.75, 3.05) is 39.4 Å². The number of urea groups is 1. The first-order chi connectivity index (χ1) is 10.6. The number of nitrogens with two attached hydrogens (primary N) is 1. The van der Waals surface area contributed by atoms with Gasteiger partial charge in [0.15, 0.2) is 5.96 Å². The molecule has 3 amide bonds. The number of imide groups is 1. The lowest BCUT2D eigenvalue weighted by Crippen LogP contribution is -2.45. The molecule has 0 radical (unpaired) electrons. The Labute approximate surface area is 152 Å². The minimum absolute atomic E-state index is 0. The summed E-state index contributed by atoms with van der Waals surface area (Å²) in [6.07, 6.45) is 3.46. The molecule has 2 heterocycles. The third kappa shape index (κ3) is 3.70. The van der Waals surface area contributed by atoms with E-state index in [1.165, 1.54) is 4.90 Å². The average molecular weight is 437 g/mol. The van der Waals surface area contributed by atoms with Gasteiger partial charge in [-0.05, 0) is 12.8 Å². The van der Waals surface area contributed by atoms with Crippen LogP contribution in [0.3, 0.4) is 0 Å². The maximum Gasteiger partial charge on any atom is 0.325 e. The van der Waals surface area contributed by atoms with Crippen LogP contribution in [0.2, 0.25) is 0 Å². The van der Waals surface area contributed by atoms with Crippen LogP contribution in [0.1, 0.15) is 25.7 Å². The summed E-state index contributed by atoms with van der Waals surface area (Å²) in [6, 6.07) is -0.299. The summed E-state index contributed by atoms with van der Waals surface area (Å²) in [5.41, 5.74) is 5.29. The van der Waals surface area contributed by atoms with E-state index >= 15 is 0 Å². The highest BCUT2D eigenvalue weighted by atomic mass is 127. The molecule has 0 unspecified atom stereocenters. The maximum atomic E-state index is 12.5. The standard InChI is InChI=1S/C14H23N5O3.HI/c15-12(18-7-9-22-10-8-18)16-5-6-19-11(20)14(17-13(19)21)3-1-2-4-14;/h1-10H2,(H2,15,16)(H,17,21);1H. The second-order valence-corrected chi connectivity index (χ2v) is 6.02. The molecule has 3 rings (SSSR count). The van der Waals surface area contributed by atoms with Gasteiger partial charge in [-0.25, -0.2) is 4.79 Å². The van der Waals surface area contributed by atoms with Gasteiger partial charge in [0.25, 0.3) is 5.91 Å². The lowest BCUT2D eigenvalue weighted by Gasteiger charge is -2.27. The van der Waals surface area contributed by atoms with Crippen molar-refractivity contribution in [1.82, 2.24) is 15.1 Å². The van der Waals surface area contributed by atoms with Gasteiger partial charge in [0.2, 0.25) is 0 Å². The normalized spacial score (nSPS) is 24.1. The van der Waals surface area contributed by atoms with Crippen molar-refractivity contribution in [1.29, 1.82) is 0 Å². The molecule has 3 aliphatic rings. The van der Waals surface area contributed by atoms with E-state index in [0.29, 0.717) is 25.7 Å². The van der Waals surface area contributed by atoms with Crippen LogP contribution in [0.5, 0.6) is 0 Å². The number of aliphatic imine (C=N–C) groups is 1. The number of guanidine groups is 1. The first-order valence-corrected chi connectivity index (χ1v) is 7.89. The lowest BCUT2D eigenvalue weighted by molar-refractivity contribution is -0.131. The molecule has 0 aromatic rings. The van der Waals surface area contributed by atoms with E-state index in [4.69, 9.17) is 10.5 Å². The number of hydrogen-bond acceptors (Lipinski definition) is 4. The van der Waals surface area contributed by atoms with Gasteiger partial charge in [-0.2, -0.15) is 0 Å². The van der Waals surface area contributed by atoms with Crippen LogP contribution in [0, 0.1) is 0 Å². The van der Waals surface area contributed by atoms with Gasteiger partial charge in [0.1, 0.15) is 5.54 Å². The maximum absolute atomic E-state index is 12.5. The number of halogens is 1. The molecule has 130 valence electrons. The molecule has 9 heteroatoms. The number of morpholine rings is 1. The van der Waals surface area contributed by atoms with Crippen LogP contribution < -0.4 is 11.1 Å². The molecular weight excluding hydrogens is 413 g/mol. The fourth-order valence-corrected chi connectivity index (χ4v) is 3.35. The van der Waals surface area contributed by atoms with Crippen molar-refractivity contribution in [3.8, 4) is 0 Å². The number of nitrogens with one attached hydrogen (secondary N) is 1. The summed E-state index contributed by atoms with van der Waals surface area (Å²) in [7, 11) is 0. The van der Waals surface area contributed by atoms with Crippen LogP contribution in [0.25, 0.3) is 0 Å². The van der Waals surface area contributed by atoms with Crippen molar-refractivity contribution in [2.24, 2.45) is 10.7 Å². The Morgan fingerprint density at radius 3 is 2.57 bits per heavy atom. The smallest absolute Gasteiger partial charge is 0.325 e. The highest BCUT2D eigenvalue weighted by Gasteiger charge is 2.52. The molecule has 0 aromatic carbocycles. The zero-order valence-corrected chi connectivity index (χ0v) is 15.5. The predicted octanol–water partition coefficient (Wildman–Crippen LogP) is 0.116. The van der Waals surface area contributed by atoms with Crippen LogP contribution >= 0.6 is 24.0 Å². The van der Waals surface area contributed by atoms with E-state index < -0.39 is 5.54 Å². The molecule has 2 aliphatic heterocycles. The summed E-state index contributed by atoms with van der Waals surface area (Å²) in [4.78, 5) is 32.0. The second-order valence-electron chi connectivity index (χ2n) is 6.02. The minimum atomic E-state index is -0.642. The van der Waals surface area contributed by atoms with Crippen LogP contribution in [0.4, 0.5) is 4.79 Å². The fourth-order valence-electron chi connectivity index (χ4n) is 3.35. The van der Waals surface area contributed by atoms with Gasteiger partial charge < -0.3 is 20.7 Å². The fraction of sp³-hybridized carbons (Fsp3) is 0.786. The van der Waals surface area contributed by atoms with Crippen molar-refractivity contribution in [2.45, 2.75) is 31.2 Å². The molecule has 0 bridgehead atoms. The molecule has 23 heavy (non-hydrogen) atoms. The van der Waals surface area contributed by atoms with E-state index in [1.807, 2.05) is 4.90 Å². The number of amides is 3. The number of ether oxygens (including phenoxy) is 1. The monoisotopic (exact) mass is 437 g/mol. The molecule has 8 nitrogen and oxygen atoms in total. The van der Waals surface area contributed by atoms with Gasteiger partial charge in [-0.15, -0.1) is 24.0 Å². The van der Waals surface area contributed by atoms with Crippen LogP contribution in [-0.4, -0.2) is 72.6 Å². The molecule has 0 atom stereocenters. The van der Waals surface area contributed by atoms with Gasteiger partial charge >= 0.3 is 6.03 Å². The largest absolute Gasteiger partial charge is 0.378 e. The third-order valence-electron chi connectivity index (χ3n) is 4.64. The molecule has 2 saturated heterocycles. The first kappa shape index (κ1) is 18.2. The third-order valence-corrected chi connectivity index (χ3v) is 4.64. The summed E-state index contributed by atoms with van der Waals surface area (Å²) in [5.74, 6) is 0.348. The van der Waals surface area contributed by atoms with E-state index in [1.54, 1.807) is 0 Å². The SMILES string of the molecule is I.NC(=NCCN1C(=O)NC2(CCCC2)C1=O)N1CCOCC1. The van der Waals surface area contributed by atoms with Crippen molar-refractivity contribution in [3.05, 3.63) is 0 Å². The Kier molecular flexibility index (Phi) is 6.06. The number of nitrogens with zero attached hydrogens (tertiary/aromatic N) is 3. The van der Waals surface area contributed by atoms with Crippen molar-refractivity contribution >= 4 is 41.9 Å². The molecular formula is C14H24IN5O3. The molecule has 3 N–H and O–H groups in total. The minimum Gasteiger partial charge on any atom is -0.378 e. The number of hydrogen-bond donors (Lipinski definition) is 2. The number of carbonyl (C=O) groups is 2. The van der Waals surface area contributed by atoms with E-state index in [9.17, 15) is 9.59 Å².